The molecule has 2 rings (SSSR count). The predicted octanol–water partition coefficient (Wildman–Crippen LogP) is 2.29. The van der Waals surface area contributed by atoms with E-state index in [-0.39, 0.29) is 12.0 Å². The van der Waals surface area contributed by atoms with Crippen LogP contribution in [0.1, 0.15) is 19.8 Å². The summed E-state index contributed by atoms with van der Waals surface area (Å²) in [4.78, 5) is 12.2. The molecule has 1 aliphatic heterocycles. The van der Waals surface area contributed by atoms with Crippen LogP contribution in [-0.4, -0.2) is 31.3 Å². The Balaban J connectivity index is 2.05. The standard InChI is InChI=1S/C14H19BrN2O3/c1-2-19-12-5-3-9(15)7-11(12)17-14(18)13-6-4-10(8-16)20-13/h3,5,7,10,13H,2,4,6,8,16H2,1H3,(H,17,18)/t10-,13+/m1/s1. The van der Waals surface area contributed by atoms with Crippen molar-refractivity contribution in [1.82, 2.24) is 0 Å². The maximum Gasteiger partial charge on any atom is 0.253 e. The van der Waals surface area contributed by atoms with E-state index in [1.54, 1.807) is 0 Å². The molecule has 1 fully saturated rings. The van der Waals surface area contributed by atoms with Crippen molar-refractivity contribution < 1.29 is 14.3 Å². The van der Waals surface area contributed by atoms with Gasteiger partial charge < -0.3 is 20.5 Å². The van der Waals surface area contributed by atoms with Crippen LogP contribution in [0.25, 0.3) is 0 Å². The molecule has 6 heteroatoms. The Kier molecular flexibility index (Phi) is 5.39. The van der Waals surface area contributed by atoms with Crippen LogP contribution in [0.4, 0.5) is 5.69 Å². The summed E-state index contributed by atoms with van der Waals surface area (Å²) in [6.07, 6.45) is 1.08. The number of carbonyl (C=O) groups excluding carboxylic acids is 1. The molecule has 0 unspecified atom stereocenters. The van der Waals surface area contributed by atoms with E-state index in [0.29, 0.717) is 31.0 Å². The topological polar surface area (TPSA) is 73.6 Å². The summed E-state index contributed by atoms with van der Waals surface area (Å²) in [6.45, 7) is 2.89. The van der Waals surface area contributed by atoms with Crippen LogP contribution in [-0.2, 0) is 9.53 Å². The number of nitrogens with one attached hydrogen (secondary N) is 1. The lowest BCUT2D eigenvalue weighted by Crippen LogP contribution is -2.30. The summed E-state index contributed by atoms with van der Waals surface area (Å²) in [5.41, 5.74) is 6.19. The first-order chi connectivity index (χ1) is 9.63. The lowest BCUT2D eigenvalue weighted by atomic mass is 10.2. The van der Waals surface area contributed by atoms with Crippen molar-refractivity contribution in [2.24, 2.45) is 5.73 Å². The molecule has 2 atom stereocenters. The average Bonchev–Trinajstić information content (AvgIpc) is 2.91. The number of rotatable bonds is 5. The van der Waals surface area contributed by atoms with Crippen LogP contribution in [0.5, 0.6) is 5.75 Å². The van der Waals surface area contributed by atoms with Gasteiger partial charge in [-0.05, 0) is 38.0 Å². The Morgan fingerprint density at radius 2 is 2.35 bits per heavy atom. The molecule has 1 saturated heterocycles. The Morgan fingerprint density at radius 3 is 3.00 bits per heavy atom. The molecule has 1 heterocycles. The molecular weight excluding hydrogens is 324 g/mol. The molecule has 1 aromatic rings. The smallest absolute Gasteiger partial charge is 0.253 e. The summed E-state index contributed by atoms with van der Waals surface area (Å²) >= 11 is 3.39. The number of ether oxygens (including phenoxy) is 2. The van der Waals surface area contributed by atoms with Gasteiger partial charge >= 0.3 is 0 Å². The minimum atomic E-state index is -0.433. The second-order valence-electron chi connectivity index (χ2n) is 4.62. The van der Waals surface area contributed by atoms with Gasteiger partial charge in [-0.3, -0.25) is 4.79 Å². The van der Waals surface area contributed by atoms with E-state index >= 15 is 0 Å². The van der Waals surface area contributed by atoms with Crippen molar-refractivity contribution in [2.45, 2.75) is 32.0 Å². The van der Waals surface area contributed by atoms with Crippen LogP contribution in [0, 0.1) is 0 Å². The van der Waals surface area contributed by atoms with Crippen molar-refractivity contribution in [3.63, 3.8) is 0 Å². The highest BCUT2D eigenvalue weighted by atomic mass is 79.9. The van der Waals surface area contributed by atoms with Gasteiger partial charge in [-0.25, -0.2) is 0 Å². The fraction of sp³-hybridized carbons (Fsp3) is 0.500. The highest BCUT2D eigenvalue weighted by Gasteiger charge is 2.30. The Morgan fingerprint density at radius 1 is 1.55 bits per heavy atom. The monoisotopic (exact) mass is 342 g/mol. The van der Waals surface area contributed by atoms with Gasteiger partial charge in [0.25, 0.3) is 5.91 Å². The third-order valence-electron chi connectivity index (χ3n) is 3.16. The Bertz CT molecular complexity index is 481. The molecule has 0 radical (unpaired) electrons. The van der Waals surface area contributed by atoms with Gasteiger partial charge in [0.15, 0.2) is 0 Å². The van der Waals surface area contributed by atoms with Crippen molar-refractivity contribution >= 4 is 27.5 Å². The molecule has 0 aliphatic carbocycles. The van der Waals surface area contributed by atoms with E-state index in [1.807, 2.05) is 25.1 Å². The normalized spacial score (nSPS) is 21.8. The minimum Gasteiger partial charge on any atom is -0.492 e. The fourth-order valence-corrected chi connectivity index (χ4v) is 2.53. The van der Waals surface area contributed by atoms with E-state index in [1.165, 1.54) is 0 Å². The summed E-state index contributed by atoms with van der Waals surface area (Å²) in [5.74, 6) is 0.498. The van der Waals surface area contributed by atoms with Crippen molar-refractivity contribution in [3.05, 3.63) is 22.7 Å². The van der Waals surface area contributed by atoms with Crippen LogP contribution >= 0.6 is 15.9 Å². The zero-order chi connectivity index (χ0) is 14.5. The molecule has 0 aromatic heterocycles. The second-order valence-corrected chi connectivity index (χ2v) is 5.54. The van der Waals surface area contributed by atoms with Gasteiger partial charge in [-0.2, -0.15) is 0 Å². The number of amides is 1. The van der Waals surface area contributed by atoms with Gasteiger partial charge in [-0.1, -0.05) is 15.9 Å². The fourth-order valence-electron chi connectivity index (χ4n) is 2.17. The maximum absolute atomic E-state index is 12.2. The number of halogens is 1. The molecule has 1 aliphatic rings. The highest BCUT2D eigenvalue weighted by Crippen LogP contribution is 2.29. The molecule has 0 spiro atoms. The maximum atomic E-state index is 12.2. The minimum absolute atomic E-state index is 0.0142. The largest absolute Gasteiger partial charge is 0.492 e. The van der Waals surface area contributed by atoms with E-state index in [9.17, 15) is 4.79 Å². The predicted molar refractivity (Wildman–Crippen MR) is 80.9 cm³/mol. The summed E-state index contributed by atoms with van der Waals surface area (Å²) in [6, 6.07) is 5.51. The molecule has 1 amide bonds. The molecule has 20 heavy (non-hydrogen) atoms. The van der Waals surface area contributed by atoms with Crippen molar-refractivity contribution in [1.29, 1.82) is 0 Å². The Hall–Kier alpha value is -1.11. The molecule has 1 aromatic carbocycles. The van der Waals surface area contributed by atoms with Gasteiger partial charge in [0, 0.05) is 11.0 Å². The number of nitrogens with two attached hydrogens (primary N) is 1. The number of hydrogen-bond acceptors (Lipinski definition) is 4. The zero-order valence-electron chi connectivity index (χ0n) is 11.4. The van der Waals surface area contributed by atoms with Crippen LogP contribution in [0.2, 0.25) is 0 Å². The molecular formula is C14H19BrN2O3. The van der Waals surface area contributed by atoms with Gasteiger partial charge in [-0.15, -0.1) is 0 Å². The molecule has 3 N–H and O–H groups in total. The van der Waals surface area contributed by atoms with E-state index in [0.717, 1.165) is 10.9 Å². The van der Waals surface area contributed by atoms with Gasteiger partial charge in [0.2, 0.25) is 0 Å². The number of carbonyl (C=O) groups is 1. The third kappa shape index (κ3) is 3.71. The first-order valence-electron chi connectivity index (χ1n) is 6.72. The molecule has 5 nitrogen and oxygen atoms in total. The number of hydrogen-bond donors (Lipinski definition) is 2. The lowest BCUT2D eigenvalue weighted by Gasteiger charge is -2.15. The van der Waals surface area contributed by atoms with Crippen molar-refractivity contribution in [3.8, 4) is 5.75 Å². The summed E-state index contributed by atoms with van der Waals surface area (Å²) in [7, 11) is 0. The Labute approximate surface area is 126 Å². The molecule has 0 saturated carbocycles. The van der Waals surface area contributed by atoms with Crippen LogP contribution in [0.3, 0.4) is 0 Å². The van der Waals surface area contributed by atoms with Gasteiger partial charge in [0.1, 0.15) is 11.9 Å². The van der Waals surface area contributed by atoms with E-state index in [2.05, 4.69) is 21.2 Å². The van der Waals surface area contributed by atoms with Crippen LogP contribution < -0.4 is 15.8 Å². The quantitative estimate of drug-likeness (QED) is 0.860. The zero-order valence-corrected chi connectivity index (χ0v) is 13.0. The summed E-state index contributed by atoms with van der Waals surface area (Å²) < 4.78 is 12.0. The SMILES string of the molecule is CCOc1ccc(Br)cc1NC(=O)[C@@H]1CC[C@H](CN)O1. The number of anilines is 1. The molecule has 0 bridgehead atoms. The first-order valence-corrected chi connectivity index (χ1v) is 7.52. The van der Waals surface area contributed by atoms with E-state index < -0.39 is 6.10 Å². The average molecular weight is 343 g/mol. The van der Waals surface area contributed by atoms with Crippen molar-refractivity contribution in [2.75, 3.05) is 18.5 Å². The first kappa shape index (κ1) is 15.3. The highest BCUT2D eigenvalue weighted by molar-refractivity contribution is 9.10. The van der Waals surface area contributed by atoms with Crippen LogP contribution in [0.15, 0.2) is 22.7 Å². The van der Waals surface area contributed by atoms with E-state index in [4.69, 9.17) is 15.2 Å². The molecule has 110 valence electrons. The third-order valence-corrected chi connectivity index (χ3v) is 3.66. The summed E-state index contributed by atoms with van der Waals surface area (Å²) in [5, 5.41) is 2.86. The second kappa shape index (κ2) is 7.06. The van der Waals surface area contributed by atoms with Gasteiger partial charge in [0.05, 0.1) is 18.4 Å². The lowest BCUT2D eigenvalue weighted by molar-refractivity contribution is -0.126. The number of benzene rings is 1.